The van der Waals surface area contributed by atoms with Crippen LogP contribution in [-0.2, 0) is 0 Å². The Kier molecular flexibility index (Phi) is 3.38. The Hall–Kier alpha value is -0.350. The van der Waals surface area contributed by atoms with Crippen LogP contribution in [0.15, 0.2) is 16.6 Å². The van der Waals surface area contributed by atoms with Gasteiger partial charge in [0.05, 0.1) is 4.47 Å². The molecule has 1 aliphatic rings. The Balaban J connectivity index is 2.21. The first-order chi connectivity index (χ1) is 7.82. The van der Waals surface area contributed by atoms with Gasteiger partial charge in [-0.05, 0) is 22.0 Å². The van der Waals surface area contributed by atoms with Crippen LogP contribution >= 0.6 is 27.5 Å². The van der Waals surface area contributed by atoms with Crippen molar-refractivity contribution in [3.63, 3.8) is 0 Å². The van der Waals surface area contributed by atoms with E-state index in [2.05, 4.69) is 15.9 Å². The molecule has 1 saturated carbocycles. The highest BCUT2D eigenvalue weighted by molar-refractivity contribution is 9.10. The average molecular weight is 326 g/mol. The smallest absolute Gasteiger partial charge is 0.169 e. The molecule has 94 valence electrons. The largest absolute Gasteiger partial charge is 0.485 e. The number of ether oxygens (including phenoxy) is 1. The van der Waals surface area contributed by atoms with E-state index in [1.165, 1.54) is 6.07 Å². The van der Waals surface area contributed by atoms with Crippen LogP contribution in [0, 0.1) is 17.0 Å². The maximum absolute atomic E-state index is 13.6. The molecule has 1 aromatic rings. The van der Waals surface area contributed by atoms with Crippen LogP contribution in [0.25, 0.3) is 0 Å². The van der Waals surface area contributed by atoms with E-state index in [4.69, 9.17) is 16.3 Å². The van der Waals surface area contributed by atoms with Crippen LogP contribution in [0.1, 0.15) is 20.3 Å². The summed E-state index contributed by atoms with van der Waals surface area (Å²) in [6, 6.07) is 1.99. The lowest BCUT2D eigenvalue weighted by Gasteiger charge is -2.48. The molecule has 17 heavy (non-hydrogen) atoms. The molecule has 0 aromatic heterocycles. The Morgan fingerprint density at radius 3 is 2.53 bits per heavy atom. The molecule has 0 bridgehead atoms. The monoisotopic (exact) mass is 324 g/mol. The van der Waals surface area contributed by atoms with Crippen molar-refractivity contribution >= 4 is 27.5 Å². The van der Waals surface area contributed by atoms with Crippen LogP contribution in [-0.4, -0.2) is 11.5 Å². The molecule has 2 unspecified atom stereocenters. The highest BCUT2D eigenvalue weighted by atomic mass is 79.9. The minimum atomic E-state index is -0.703. The number of halogens is 4. The van der Waals surface area contributed by atoms with Crippen molar-refractivity contribution in [2.45, 2.75) is 31.7 Å². The van der Waals surface area contributed by atoms with Gasteiger partial charge in [-0.15, -0.1) is 11.6 Å². The maximum atomic E-state index is 13.6. The lowest BCUT2D eigenvalue weighted by molar-refractivity contribution is -0.0159. The predicted octanol–water partition coefficient (Wildman–Crippen LogP) is 4.51. The van der Waals surface area contributed by atoms with Gasteiger partial charge >= 0.3 is 0 Å². The van der Waals surface area contributed by atoms with E-state index in [9.17, 15) is 8.78 Å². The molecule has 0 heterocycles. The molecule has 0 radical (unpaired) electrons. The second kappa shape index (κ2) is 4.39. The predicted molar refractivity (Wildman–Crippen MR) is 66.5 cm³/mol. The summed E-state index contributed by atoms with van der Waals surface area (Å²) < 4.78 is 32.3. The van der Waals surface area contributed by atoms with E-state index in [1.807, 2.05) is 13.8 Å². The molecule has 1 aliphatic carbocycles. The minimum absolute atomic E-state index is 0.0229. The third-order valence-electron chi connectivity index (χ3n) is 3.28. The summed E-state index contributed by atoms with van der Waals surface area (Å²) >= 11 is 9.16. The molecule has 2 rings (SSSR count). The van der Waals surface area contributed by atoms with Crippen molar-refractivity contribution in [3.8, 4) is 5.75 Å². The highest BCUT2D eigenvalue weighted by Gasteiger charge is 2.49. The third kappa shape index (κ3) is 2.29. The normalized spacial score (nSPS) is 26.5. The van der Waals surface area contributed by atoms with Gasteiger partial charge < -0.3 is 4.74 Å². The van der Waals surface area contributed by atoms with E-state index >= 15 is 0 Å². The zero-order valence-electron chi connectivity index (χ0n) is 9.44. The van der Waals surface area contributed by atoms with Crippen LogP contribution in [0.5, 0.6) is 5.75 Å². The molecule has 0 saturated heterocycles. The average Bonchev–Trinajstić information content (AvgIpc) is 2.21. The highest BCUT2D eigenvalue weighted by Crippen LogP contribution is 2.47. The van der Waals surface area contributed by atoms with E-state index in [0.717, 1.165) is 6.07 Å². The van der Waals surface area contributed by atoms with E-state index in [1.54, 1.807) is 0 Å². The second-order valence-corrected chi connectivity index (χ2v) is 6.21. The summed E-state index contributed by atoms with van der Waals surface area (Å²) in [5.41, 5.74) is -0.207. The van der Waals surface area contributed by atoms with E-state index in [-0.39, 0.29) is 27.1 Å². The van der Waals surface area contributed by atoms with Gasteiger partial charge in [0, 0.05) is 23.3 Å². The van der Waals surface area contributed by atoms with Gasteiger partial charge in [-0.3, -0.25) is 0 Å². The number of hydrogen-bond acceptors (Lipinski definition) is 1. The van der Waals surface area contributed by atoms with Crippen molar-refractivity contribution in [2.75, 3.05) is 0 Å². The van der Waals surface area contributed by atoms with Gasteiger partial charge in [0.25, 0.3) is 0 Å². The van der Waals surface area contributed by atoms with E-state index in [0.29, 0.717) is 6.42 Å². The Labute approximate surface area is 112 Å². The quantitative estimate of drug-likeness (QED) is 0.727. The van der Waals surface area contributed by atoms with Crippen molar-refractivity contribution in [2.24, 2.45) is 5.41 Å². The molecule has 1 aromatic carbocycles. The van der Waals surface area contributed by atoms with Gasteiger partial charge in [0.15, 0.2) is 11.6 Å². The van der Waals surface area contributed by atoms with Gasteiger partial charge in [0.2, 0.25) is 0 Å². The molecule has 0 spiro atoms. The topological polar surface area (TPSA) is 9.23 Å². The molecule has 5 heteroatoms. The zero-order valence-corrected chi connectivity index (χ0v) is 11.8. The Morgan fingerprint density at radius 2 is 2.06 bits per heavy atom. The molecule has 2 atom stereocenters. The summed E-state index contributed by atoms with van der Waals surface area (Å²) in [6.07, 6.45) is 0.513. The number of hydrogen-bond donors (Lipinski definition) is 0. The fraction of sp³-hybridized carbons (Fsp3) is 0.500. The SMILES string of the molecule is CC1(C)C(Cl)CC1Oc1c(F)cc(F)cc1Br. The van der Waals surface area contributed by atoms with Crippen LogP contribution < -0.4 is 4.74 Å². The number of rotatable bonds is 2. The molecule has 1 fully saturated rings. The Morgan fingerprint density at radius 1 is 1.41 bits per heavy atom. The van der Waals surface area contributed by atoms with Crippen molar-refractivity contribution in [3.05, 3.63) is 28.2 Å². The summed E-state index contributed by atoms with van der Waals surface area (Å²) in [6.45, 7) is 3.93. The van der Waals surface area contributed by atoms with Gasteiger partial charge in [0.1, 0.15) is 11.9 Å². The molecule has 1 nitrogen and oxygen atoms in total. The number of alkyl halides is 1. The van der Waals surface area contributed by atoms with E-state index < -0.39 is 11.6 Å². The standard InChI is InChI=1S/C12H12BrClF2O/c1-12(2)9(14)5-10(12)17-11-7(13)3-6(15)4-8(11)16/h3-4,9-10H,5H2,1-2H3. The first-order valence-corrected chi connectivity index (χ1v) is 6.50. The number of benzene rings is 1. The maximum Gasteiger partial charge on any atom is 0.169 e. The second-order valence-electron chi connectivity index (χ2n) is 4.83. The molecule has 0 amide bonds. The fourth-order valence-electron chi connectivity index (χ4n) is 1.82. The third-order valence-corrected chi connectivity index (χ3v) is 4.61. The fourth-order valence-corrected chi connectivity index (χ4v) is 2.62. The minimum Gasteiger partial charge on any atom is -0.485 e. The molecular formula is C12H12BrClF2O. The summed E-state index contributed by atoms with van der Waals surface area (Å²) in [4.78, 5) is 0. The summed E-state index contributed by atoms with van der Waals surface area (Å²) in [5.74, 6) is -1.29. The van der Waals surface area contributed by atoms with Crippen molar-refractivity contribution in [1.82, 2.24) is 0 Å². The lowest BCUT2D eigenvalue weighted by Crippen LogP contribution is -2.53. The zero-order chi connectivity index (χ0) is 12.8. The molecule has 0 N–H and O–H groups in total. The van der Waals surface area contributed by atoms with Crippen molar-refractivity contribution in [1.29, 1.82) is 0 Å². The first-order valence-electron chi connectivity index (χ1n) is 5.27. The van der Waals surface area contributed by atoms with Gasteiger partial charge in [-0.1, -0.05) is 13.8 Å². The Bertz CT molecular complexity index is 427. The van der Waals surface area contributed by atoms with Crippen LogP contribution in [0.3, 0.4) is 0 Å². The lowest BCUT2D eigenvalue weighted by atomic mass is 9.68. The van der Waals surface area contributed by atoms with Gasteiger partial charge in [-0.25, -0.2) is 8.78 Å². The van der Waals surface area contributed by atoms with Gasteiger partial charge in [-0.2, -0.15) is 0 Å². The van der Waals surface area contributed by atoms with Crippen LogP contribution in [0.4, 0.5) is 8.78 Å². The molecular weight excluding hydrogens is 313 g/mol. The first kappa shape index (κ1) is 13.1. The summed E-state index contributed by atoms with van der Waals surface area (Å²) in [7, 11) is 0. The molecule has 0 aliphatic heterocycles. The van der Waals surface area contributed by atoms with Crippen molar-refractivity contribution < 1.29 is 13.5 Å². The van der Waals surface area contributed by atoms with Crippen LogP contribution in [0.2, 0.25) is 0 Å². The summed E-state index contributed by atoms with van der Waals surface area (Å²) in [5, 5.41) is 0.0229.